The maximum absolute atomic E-state index is 14.2. The van der Waals surface area contributed by atoms with Crippen LogP contribution in [0.2, 0.25) is 0 Å². The monoisotopic (exact) mass is 609 g/mol. The molecule has 2 fully saturated rings. The molecule has 0 bridgehead atoms. The van der Waals surface area contributed by atoms with Gasteiger partial charge in [0.2, 0.25) is 0 Å². The van der Waals surface area contributed by atoms with Gasteiger partial charge in [-0.05, 0) is 70.7 Å². The highest BCUT2D eigenvalue weighted by molar-refractivity contribution is 5.97. The van der Waals surface area contributed by atoms with Crippen LogP contribution in [0.4, 0.5) is 23.4 Å². The summed E-state index contributed by atoms with van der Waals surface area (Å²) >= 11 is 0. The summed E-state index contributed by atoms with van der Waals surface area (Å²) in [6, 6.07) is 4.07. The highest BCUT2D eigenvalue weighted by atomic mass is 19.4. The Morgan fingerprint density at radius 1 is 1.19 bits per heavy atom. The van der Waals surface area contributed by atoms with Crippen molar-refractivity contribution >= 4 is 11.7 Å². The summed E-state index contributed by atoms with van der Waals surface area (Å²) in [6.07, 6.45) is -0.367. The van der Waals surface area contributed by atoms with Crippen molar-refractivity contribution in [1.82, 2.24) is 30.3 Å². The molecule has 2 aliphatic heterocycles. The van der Waals surface area contributed by atoms with Gasteiger partial charge in [-0.2, -0.15) is 13.2 Å². The van der Waals surface area contributed by atoms with Gasteiger partial charge in [0.25, 0.3) is 11.8 Å². The standard InChI is InChI=1S/C30H43F4N7O2/c1-6-41(21(4)5)28(42)23-14-22(31)9-10-25(23)43-27-26(36-19-37-38-27)39-13-11-29(16-39)17-40(18-29)24(20(2)3)8-7-12-35-15-30(32,33)34/h9-10,14,19-21,24,35H,6-8,11-13,15-18H2,1-5H3/t24-/m1/s1. The molecular weight excluding hydrogens is 566 g/mol. The van der Waals surface area contributed by atoms with Gasteiger partial charge in [0, 0.05) is 50.2 Å². The second-order valence-electron chi connectivity index (χ2n) is 12.3. The van der Waals surface area contributed by atoms with Gasteiger partial charge in [-0.1, -0.05) is 13.8 Å². The van der Waals surface area contributed by atoms with E-state index in [1.807, 2.05) is 20.8 Å². The molecule has 2 aromatic rings. The molecule has 0 aliphatic carbocycles. The van der Waals surface area contributed by atoms with Crippen LogP contribution in [0.1, 0.15) is 64.2 Å². The highest BCUT2D eigenvalue weighted by Gasteiger charge is 2.50. The predicted octanol–water partition coefficient (Wildman–Crippen LogP) is 5.14. The molecule has 1 amide bonds. The van der Waals surface area contributed by atoms with Crippen LogP contribution in [0.3, 0.4) is 0 Å². The van der Waals surface area contributed by atoms with Gasteiger partial charge in [-0.25, -0.2) is 9.37 Å². The average molecular weight is 610 g/mol. The van der Waals surface area contributed by atoms with Crippen molar-refractivity contribution in [3.8, 4) is 11.6 Å². The molecule has 4 rings (SSSR count). The first-order chi connectivity index (χ1) is 20.3. The van der Waals surface area contributed by atoms with E-state index in [0.29, 0.717) is 37.3 Å². The Balaban J connectivity index is 1.41. The SMILES string of the molecule is CCN(C(=O)c1cc(F)ccc1Oc1nncnc1N1CCC2(C1)CN([C@H](CCCNCC(F)(F)F)C(C)C)C2)C(C)C. The van der Waals surface area contributed by atoms with Crippen LogP contribution < -0.4 is 15.0 Å². The molecular formula is C30H43F4N7O2. The van der Waals surface area contributed by atoms with E-state index in [2.05, 4.69) is 44.1 Å². The number of nitrogens with zero attached hydrogens (tertiary/aromatic N) is 6. The Morgan fingerprint density at radius 3 is 2.58 bits per heavy atom. The quantitative estimate of drug-likeness (QED) is 0.247. The Labute approximate surface area is 251 Å². The number of amides is 1. The van der Waals surface area contributed by atoms with Crippen LogP contribution in [0.5, 0.6) is 11.6 Å². The van der Waals surface area contributed by atoms with Crippen molar-refractivity contribution < 1.29 is 27.1 Å². The summed E-state index contributed by atoms with van der Waals surface area (Å²) in [5.41, 5.74) is 0.174. The molecule has 238 valence electrons. The number of nitrogens with one attached hydrogen (secondary N) is 1. The number of rotatable bonds is 13. The number of halogens is 4. The van der Waals surface area contributed by atoms with Gasteiger partial charge in [0.1, 0.15) is 17.9 Å². The summed E-state index contributed by atoms with van der Waals surface area (Å²) in [4.78, 5) is 23.9. The Kier molecular flexibility index (Phi) is 10.5. The molecule has 2 aliphatic rings. The van der Waals surface area contributed by atoms with Crippen molar-refractivity contribution in [2.75, 3.05) is 50.7 Å². The zero-order valence-corrected chi connectivity index (χ0v) is 25.6. The van der Waals surface area contributed by atoms with E-state index in [-0.39, 0.29) is 34.6 Å². The van der Waals surface area contributed by atoms with Gasteiger partial charge in [-0.3, -0.25) is 9.69 Å². The van der Waals surface area contributed by atoms with E-state index in [9.17, 15) is 22.4 Å². The number of hydrogen-bond donors (Lipinski definition) is 1. The molecule has 0 unspecified atom stereocenters. The number of anilines is 1. The lowest BCUT2D eigenvalue weighted by Crippen LogP contribution is -2.62. The number of benzene rings is 1. The van der Waals surface area contributed by atoms with E-state index >= 15 is 0 Å². The molecule has 13 heteroatoms. The first-order valence-electron chi connectivity index (χ1n) is 15.0. The Morgan fingerprint density at radius 2 is 1.93 bits per heavy atom. The Hall–Kier alpha value is -3.06. The zero-order chi connectivity index (χ0) is 31.4. The van der Waals surface area contributed by atoms with Gasteiger partial charge >= 0.3 is 6.18 Å². The third kappa shape index (κ3) is 8.11. The molecule has 2 saturated heterocycles. The maximum Gasteiger partial charge on any atom is 0.401 e. The molecule has 0 radical (unpaired) electrons. The maximum atomic E-state index is 14.2. The van der Waals surface area contributed by atoms with E-state index in [1.165, 1.54) is 24.5 Å². The van der Waals surface area contributed by atoms with Crippen LogP contribution in [-0.4, -0.2) is 95.0 Å². The topological polar surface area (TPSA) is 86.7 Å². The Bertz CT molecular complexity index is 1240. The van der Waals surface area contributed by atoms with Crippen LogP contribution in [0.25, 0.3) is 0 Å². The van der Waals surface area contributed by atoms with Crippen LogP contribution in [-0.2, 0) is 0 Å². The van der Waals surface area contributed by atoms with Gasteiger partial charge in [-0.15, -0.1) is 10.2 Å². The predicted molar refractivity (Wildman–Crippen MR) is 156 cm³/mol. The van der Waals surface area contributed by atoms with Crippen molar-refractivity contribution in [2.24, 2.45) is 11.3 Å². The second-order valence-corrected chi connectivity index (χ2v) is 12.3. The van der Waals surface area contributed by atoms with E-state index in [4.69, 9.17) is 4.74 Å². The molecule has 43 heavy (non-hydrogen) atoms. The number of alkyl halides is 3. The van der Waals surface area contributed by atoms with Crippen LogP contribution in [0.15, 0.2) is 24.5 Å². The first kappa shape index (κ1) is 32.8. The molecule has 0 saturated carbocycles. The van der Waals surface area contributed by atoms with Crippen LogP contribution in [0, 0.1) is 17.2 Å². The molecule has 3 heterocycles. The summed E-state index contributed by atoms with van der Waals surface area (Å²) in [6.45, 7) is 13.1. The number of aromatic nitrogens is 3. The highest BCUT2D eigenvalue weighted by Crippen LogP contribution is 2.44. The summed E-state index contributed by atoms with van der Waals surface area (Å²) in [5, 5.41) is 10.6. The average Bonchev–Trinajstić information content (AvgIpc) is 3.36. The molecule has 1 N–H and O–H groups in total. The second kappa shape index (κ2) is 13.7. The lowest BCUT2D eigenvalue weighted by atomic mass is 9.76. The minimum absolute atomic E-state index is 0.0692. The molecule has 1 aromatic carbocycles. The molecule has 1 spiro atoms. The number of carbonyl (C=O) groups excluding carboxylic acids is 1. The largest absolute Gasteiger partial charge is 0.434 e. The lowest BCUT2D eigenvalue weighted by Gasteiger charge is -2.53. The zero-order valence-electron chi connectivity index (χ0n) is 25.6. The first-order valence-corrected chi connectivity index (χ1v) is 15.0. The number of ether oxygens (including phenoxy) is 1. The molecule has 9 nitrogen and oxygen atoms in total. The molecule has 1 atom stereocenters. The minimum atomic E-state index is -4.19. The summed E-state index contributed by atoms with van der Waals surface area (Å²) in [5.74, 6) is 0.353. The minimum Gasteiger partial charge on any atom is -0.434 e. The van der Waals surface area contributed by atoms with Crippen molar-refractivity contribution in [3.05, 3.63) is 35.9 Å². The lowest BCUT2D eigenvalue weighted by molar-refractivity contribution is -0.124. The fourth-order valence-electron chi connectivity index (χ4n) is 6.33. The van der Waals surface area contributed by atoms with Crippen molar-refractivity contribution in [2.45, 2.75) is 72.1 Å². The fraction of sp³-hybridized carbons (Fsp3) is 0.667. The van der Waals surface area contributed by atoms with E-state index in [0.717, 1.165) is 39.0 Å². The third-order valence-electron chi connectivity index (χ3n) is 8.41. The smallest absolute Gasteiger partial charge is 0.401 e. The number of likely N-dealkylation sites (tertiary alicyclic amines) is 1. The number of carbonyl (C=O) groups is 1. The van der Waals surface area contributed by atoms with E-state index < -0.39 is 18.5 Å². The van der Waals surface area contributed by atoms with Gasteiger partial charge < -0.3 is 19.9 Å². The normalized spacial score (nSPS) is 17.5. The molecule has 1 aromatic heterocycles. The third-order valence-corrected chi connectivity index (χ3v) is 8.41. The summed E-state index contributed by atoms with van der Waals surface area (Å²) in [7, 11) is 0. The van der Waals surface area contributed by atoms with Gasteiger partial charge in [0.15, 0.2) is 5.82 Å². The number of hydrogen-bond acceptors (Lipinski definition) is 8. The summed E-state index contributed by atoms with van der Waals surface area (Å²) < 4.78 is 57.6. The van der Waals surface area contributed by atoms with Crippen LogP contribution >= 0.6 is 0 Å². The van der Waals surface area contributed by atoms with Gasteiger partial charge in [0.05, 0.1) is 12.1 Å². The van der Waals surface area contributed by atoms with Crippen molar-refractivity contribution in [3.63, 3.8) is 0 Å². The van der Waals surface area contributed by atoms with Crippen molar-refractivity contribution in [1.29, 1.82) is 0 Å². The van der Waals surface area contributed by atoms with E-state index in [1.54, 1.807) is 4.90 Å². The fourth-order valence-corrected chi connectivity index (χ4v) is 6.33.